The largest absolute Gasteiger partial charge is 0.497 e. The number of benzene rings is 1. The van der Waals surface area contributed by atoms with E-state index in [4.69, 9.17) is 9.47 Å². The molecular formula is C16H19NO4. The van der Waals surface area contributed by atoms with Gasteiger partial charge in [0.2, 0.25) is 0 Å². The van der Waals surface area contributed by atoms with Gasteiger partial charge in [-0.1, -0.05) is 12.1 Å². The number of methoxy groups -OCH3 is 2. The lowest BCUT2D eigenvalue weighted by Gasteiger charge is -2.12. The number of rotatable bonds is 6. The summed E-state index contributed by atoms with van der Waals surface area (Å²) in [5.74, 6) is -0.186. The predicted molar refractivity (Wildman–Crippen MR) is 80.0 cm³/mol. The molecule has 0 radical (unpaired) electrons. The van der Waals surface area contributed by atoms with Crippen LogP contribution in [0.5, 0.6) is 5.75 Å². The Bertz CT molecular complexity index is 646. The molecular weight excluding hydrogens is 270 g/mol. The average molecular weight is 289 g/mol. The number of hydrogen-bond donors (Lipinski definition) is 1. The van der Waals surface area contributed by atoms with Gasteiger partial charge >= 0.3 is 5.97 Å². The molecule has 0 unspecified atom stereocenters. The van der Waals surface area contributed by atoms with Gasteiger partial charge in [-0.2, -0.15) is 0 Å². The Morgan fingerprint density at radius 1 is 1.29 bits per heavy atom. The second-order valence-corrected chi connectivity index (χ2v) is 4.71. The molecule has 1 heterocycles. The standard InChI is InChI=1S/C16H19NO4/c1-11-14(16(18)19)10-15(17(11)7-8-20-2)12-5-4-6-13(9-12)21-3/h4-6,9-10H,7-8H2,1-3H3,(H,18,19). The third kappa shape index (κ3) is 3.08. The molecule has 21 heavy (non-hydrogen) atoms. The summed E-state index contributed by atoms with van der Waals surface area (Å²) in [6.07, 6.45) is 0. The van der Waals surface area contributed by atoms with E-state index < -0.39 is 5.97 Å². The summed E-state index contributed by atoms with van der Waals surface area (Å²) in [5.41, 5.74) is 2.79. The number of hydrogen-bond acceptors (Lipinski definition) is 3. The van der Waals surface area contributed by atoms with Crippen LogP contribution in [0.1, 0.15) is 16.1 Å². The lowest BCUT2D eigenvalue weighted by Crippen LogP contribution is -2.08. The van der Waals surface area contributed by atoms with Gasteiger partial charge in [0.15, 0.2) is 0 Å². The highest BCUT2D eigenvalue weighted by Crippen LogP contribution is 2.28. The van der Waals surface area contributed by atoms with Crippen LogP contribution < -0.4 is 4.74 Å². The summed E-state index contributed by atoms with van der Waals surface area (Å²) in [5, 5.41) is 9.31. The number of aromatic nitrogens is 1. The molecule has 0 aliphatic carbocycles. The van der Waals surface area contributed by atoms with Crippen molar-refractivity contribution < 1.29 is 19.4 Å². The normalized spacial score (nSPS) is 10.6. The molecule has 0 aliphatic rings. The van der Waals surface area contributed by atoms with Gasteiger partial charge in [-0.05, 0) is 25.1 Å². The molecule has 1 aromatic heterocycles. The molecule has 0 atom stereocenters. The number of carboxylic acids is 1. The lowest BCUT2D eigenvalue weighted by molar-refractivity contribution is 0.0696. The smallest absolute Gasteiger partial charge is 0.337 e. The summed E-state index contributed by atoms with van der Waals surface area (Å²) < 4.78 is 12.3. The summed E-state index contributed by atoms with van der Waals surface area (Å²) >= 11 is 0. The van der Waals surface area contributed by atoms with Gasteiger partial charge in [0.05, 0.1) is 19.3 Å². The van der Waals surface area contributed by atoms with Gasteiger partial charge < -0.3 is 19.1 Å². The van der Waals surface area contributed by atoms with E-state index in [0.29, 0.717) is 18.7 Å². The van der Waals surface area contributed by atoms with E-state index in [-0.39, 0.29) is 0 Å². The molecule has 5 nitrogen and oxygen atoms in total. The Labute approximate surface area is 123 Å². The number of ether oxygens (including phenoxy) is 2. The van der Waals surface area contributed by atoms with Crippen molar-refractivity contribution in [3.05, 3.63) is 41.6 Å². The van der Waals surface area contributed by atoms with Crippen LogP contribution in [0.3, 0.4) is 0 Å². The second-order valence-electron chi connectivity index (χ2n) is 4.71. The average Bonchev–Trinajstić information content (AvgIpc) is 2.82. The summed E-state index contributed by atoms with van der Waals surface area (Å²) in [7, 11) is 3.24. The number of carboxylic acid groups (broad SMARTS) is 1. The van der Waals surface area contributed by atoms with E-state index in [1.54, 1.807) is 20.3 Å². The first-order chi connectivity index (χ1) is 10.1. The first kappa shape index (κ1) is 15.1. The van der Waals surface area contributed by atoms with Gasteiger partial charge in [-0.15, -0.1) is 0 Å². The molecule has 1 N–H and O–H groups in total. The van der Waals surface area contributed by atoms with Crippen LogP contribution in [-0.4, -0.2) is 36.5 Å². The van der Waals surface area contributed by atoms with Crippen LogP contribution in [0.2, 0.25) is 0 Å². The molecule has 0 saturated carbocycles. The predicted octanol–water partition coefficient (Wildman–Crippen LogP) is 2.82. The summed E-state index contributed by atoms with van der Waals surface area (Å²) in [6.45, 7) is 2.93. The van der Waals surface area contributed by atoms with Crippen LogP contribution >= 0.6 is 0 Å². The van der Waals surface area contributed by atoms with Crippen molar-refractivity contribution in [2.75, 3.05) is 20.8 Å². The molecule has 1 aromatic carbocycles. The van der Waals surface area contributed by atoms with Crippen molar-refractivity contribution in [3.63, 3.8) is 0 Å². The van der Waals surface area contributed by atoms with Crippen molar-refractivity contribution in [1.29, 1.82) is 0 Å². The number of carbonyl (C=O) groups is 1. The fourth-order valence-corrected chi connectivity index (χ4v) is 2.35. The van der Waals surface area contributed by atoms with Gasteiger partial charge in [0.25, 0.3) is 0 Å². The van der Waals surface area contributed by atoms with Crippen molar-refractivity contribution in [2.45, 2.75) is 13.5 Å². The molecule has 0 fully saturated rings. The van der Waals surface area contributed by atoms with Crippen LogP contribution in [0.25, 0.3) is 11.3 Å². The highest BCUT2D eigenvalue weighted by atomic mass is 16.5. The van der Waals surface area contributed by atoms with E-state index in [2.05, 4.69) is 0 Å². The Morgan fingerprint density at radius 2 is 2.05 bits per heavy atom. The molecule has 0 bridgehead atoms. The van der Waals surface area contributed by atoms with Gasteiger partial charge in [0, 0.05) is 30.6 Å². The molecule has 0 spiro atoms. The maximum Gasteiger partial charge on any atom is 0.337 e. The van der Waals surface area contributed by atoms with Crippen LogP contribution in [0, 0.1) is 6.92 Å². The van der Waals surface area contributed by atoms with Crippen molar-refractivity contribution in [1.82, 2.24) is 4.57 Å². The SMILES string of the molecule is COCCn1c(-c2cccc(OC)c2)cc(C(=O)O)c1C. The summed E-state index contributed by atoms with van der Waals surface area (Å²) in [4.78, 5) is 11.3. The second kappa shape index (κ2) is 6.45. The molecule has 2 rings (SSSR count). The Morgan fingerprint density at radius 3 is 2.67 bits per heavy atom. The summed E-state index contributed by atoms with van der Waals surface area (Å²) in [6, 6.07) is 9.27. The topological polar surface area (TPSA) is 60.7 Å². The zero-order valence-electron chi connectivity index (χ0n) is 12.4. The molecule has 0 aliphatic heterocycles. The molecule has 0 amide bonds. The Balaban J connectivity index is 2.54. The minimum atomic E-state index is -0.923. The molecule has 5 heteroatoms. The monoisotopic (exact) mass is 289 g/mol. The van der Waals surface area contributed by atoms with Gasteiger partial charge in [-0.3, -0.25) is 0 Å². The van der Waals surface area contributed by atoms with Gasteiger partial charge in [-0.25, -0.2) is 4.79 Å². The van der Waals surface area contributed by atoms with E-state index in [1.807, 2.05) is 35.8 Å². The van der Waals surface area contributed by atoms with E-state index >= 15 is 0 Å². The first-order valence-electron chi connectivity index (χ1n) is 6.65. The van der Waals surface area contributed by atoms with E-state index in [0.717, 1.165) is 22.7 Å². The van der Waals surface area contributed by atoms with Crippen molar-refractivity contribution >= 4 is 5.97 Å². The fraction of sp³-hybridized carbons (Fsp3) is 0.312. The van der Waals surface area contributed by atoms with Gasteiger partial charge in [0.1, 0.15) is 5.75 Å². The first-order valence-corrected chi connectivity index (χ1v) is 6.65. The zero-order chi connectivity index (χ0) is 15.4. The fourth-order valence-electron chi connectivity index (χ4n) is 2.35. The minimum absolute atomic E-state index is 0.309. The number of aromatic carboxylic acids is 1. The maximum atomic E-state index is 11.3. The Kier molecular flexibility index (Phi) is 4.65. The highest BCUT2D eigenvalue weighted by Gasteiger charge is 2.17. The third-order valence-electron chi connectivity index (χ3n) is 3.48. The zero-order valence-corrected chi connectivity index (χ0v) is 12.4. The van der Waals surface area contributed by atoms with Crippen molar-refractivity contribution in [3.8, 4) is 17.0 Å². The van der Waals surface area contributed by atoms with Crippen LogP contribution in [-0.2, 0) is 11.3 Å². The quantitative estimate of drug-likeness (QED) is 0.888. The lowest BCUT2D eigenvalue weighted by atomic mass is 10.1. The molecule has 112 valence electrons. The maximum absolute atomic E-state index is 11.3. The van der Waals surface area contributed by atoms with E-state index in [1.165, 1.54) is 0 Å². The number of nitrogens with zero attached hydrogens (tertiary/aromatic N) is 1. The third-order valence-corrected chi connectivity index (χ3v) is 3.48. The Hall–Kier alpha value is -2.27. The van der Waals surface area contributed by atoms with E-state index in [9.17, 15) is 9.90 Å². The molecule has 2 aromatic rings. The molecule has 0 saturated heterocycles. The van der Waals surface area contributed by atoms with Crippen LogP contribution in [0.4, 0.5) is 0 Å². The van der Waals surface area contributed by atoms with Crippen molar-refractivity contribution in [2.24, 2.45) is 0 Å². The highest BCUT2D eigenvalue weighted by molar-refractivity contribution is 5.91. The van der Waals surface area contributed by atoms with Crippen LogP contribution in [0.15, 0.2) is 30.3 Å². The minimum Gasteiger partial charge on any atom is -0.497 e.